The first kappa shape index (κ1) is 14.1. The molecule has 2 aromatic heterocycles. The Morgan fingerprint density at radius 3 is 2.32 bits per heavy atom. The number of hydrogen-bond acceptors (Lipinski definition) is 2. The molecule has 0 aliphatic heterocycles. The molecule has 3 rings (SSSR count). The van der Waals surface area contributed by atoms with Gasteiger partial charge in [0, 0.05) is 18.0 Å². The van der Waals surface area contributed by atoms with Crippen LogP contribution in [0.5, 0.6) is 0 Å². The van der Waals surface area contributed by atoms with Gasteiger partial charge in [-0.15, -0.1) is 0 Å². The minimum Gasteiger partial charge on any atom is -0.478 e. The zero-order chi connectivity index (χ0) is 15.9. The van der Waals surface area contributed by atoms with Crippen LogP contribution in [0, 0.1) is 0 Å². The normalized spacial score (nSPS) is 11.8. The number of aromatic carboxylic acids is 1. The number of hydrogen-bond donors (Lipinski definition) is 1. The fourth-order valence-corrected chi connectivity index (χ4v) is 2.09. The highest BCUT2D eigenvalue weighted by atomic mass is 19.4. The standard InChI is InChI=1S/C15H9F3N2O2/c16-15(17,18)11-4-1-9(2-5-11)12-8-20-7-10(14(21)22)3-6-13(20)19-12/h1-8H,(H,21,22). The molecule has 0 fully saturated rings. The van der Waals surface area contributed by atoms with Crippen molar-refractivity contribution in [1.29, 1.82) is 0 Å². The highest BCUT2D eigenvalue weighted by Crippen LogP contribution is 2.30. The molecule has 0 atom stereocenters. The van der Waals surface area contributed by atoms with Gasteiger partial charge in [-0.05, 0) is 24.3 Å². The second kappa shape index (κ2) is 4.87. The van der Waals surface area contributed by atoms with Crippen LogP contribution in [-0.4, -0.2) is 20.5 Å². The number of carboxylic acid groups (broad SMARTS) is 1. The van der Waals surface area contributed by atoms with E-state index in [1.165, 1.54) is 34.9 Å². The van der Waals surface area contributed by atoms with E-state index in [0.717, 1.165) is 12.1 Å². The fraction of sp³-hybridized carbons (Fsp3) is 0.0667. The van der Waals surface area contributed by atoms with Crippen molar-refractivity contribution in [3.63, 3.8) is 0 Å². The highest BCUT2D eigenvalue weighted by molar-refractivity contribution is 5.87. The summed E-state index contributed by atoms with van der Waals surface area (Å²) in [7, 11) is 0. The van der Waals surface area contributed by atoms with Crippen LogP contribution < -0.4 is 0 Å². The average molecular weight is 306 g/mol. The summed E-state index contributed by atoms with van der Waals surface area (Å²) in [6, 6.07) is 7.60. The van der Waals surface area contributed by atoms with Crippen molar-refractivity contribution in [2.75, 3.05) is 0 Å². The van der Waals surface area contributed by atoms with Gasteiger partial charge in [-0.2, -0.15) is 13.2 Å². The number of carboxylic acids is 1. The van der Waals surface area contributed by atoms with E-state index >= 15 is 0 Å². The summed E-state index contributed by atoms with van der Waals surface area (Å²) in [6.07, 6.45) is -1.41. The van der Waals surface area contributed by atoms with Crippen molar-refractivity contribution in [2.24, 2.45) is 0 Å². The Bertz CT molecular complexity index is 851. The Morgan fingerprint density at radius 2 is 1.73 bits per heavy atom. The lowest BCUT2D eigenvalue weighted by Crippen LogP contribution is -2.03. The number of aromatic nitrogens is 2. The second-order valence-corrected chi connectivity index (χ2v) is 4.69. The monoisotopic (exact) mass is 306 g/mol. The molecule has 0 aliphatic rings. The van der Waals surface area contributed by atoms with Crippen LogP contribution in [0.25, 0.3) is 16.9 Å². The second-order valence-electron chi connectivity index (χ2n) is 4.69. The SMILES string of the molecule is O=C(O)c1ccc2nc(-c3ccc(C(F)(F)F)cc3)cn2c1. The van der Waals surface area contributed by atoms with Crippen LogP contribution in [0.15, 0.2) is 48.8 Å². The maximum atomic E-state index is 12.5. The van der Waals surface area contributed by atoms with Crippen LogP contribution >= 0.6 is 0 Å². The van der Waals surface area contributed by atoms with Gasteiger partial charge in [0.1, 0.15) is 5.65 Å². The van der Waals surface area contributed by atoms with Crippen molar-refractivity contribution in [1.82, 2.24) is 9.38 Å². The first-order valence-corrected chi connectivity index (χ1v) is 6.24. The predicted molar refractivity (Wildman–Crippen MR) is 72.6 cm³/mol. The minimum absolute atomic E-state index is 0.101. The largest absolute Gasteiger partial charge is 0.478 e. The van der Waals surface area contributed by atoms with E-state index in [2.05, 4.69) is 4.98 Å². The number of halogens is 3. The topological polar surface area (TPSA) is 54.6 Å². The third-order valence-electron chi connectivity index (χ3n) is 3.21. The Balaban J connectivity index is 2.01. The summed E-state index contributed by atoms with van der Waals surface area (Å²) in [5.41, 5.74) is 0.877. The molecule has 112 valence electrons. The summed E-state index contributed by atoms with van der Waals surface area (Å²) in [5.74, 6) is -1.06. The first-order chi connectivity index (χ1) is 10.3. The van der Waals surface area contributed by atoms with E-state index in [1.807, 2.05) is 0 Å². The molecule has 0 radical (unpaired) electrons. The molecule has 0 saturated heterocycles. The van der Waals surface area contributed by atoms with Crippen molar-refractivity contribution in [2.45, 2.75) is 6.18 Å². The smallest absolute Gasteiger partial charge is 0.416 e. The molecular weight excluding hydrogens is 297 g/mol. The third kappa shape index (κ3) is 2.52. The minimum atomic E-state index is -4.38. The Labute approximate surface area is 122 Å². The van der Waals surface area contributed by atoms with Crippen molar-refractivity contribution in [3.05, 3.63) is 59.9 Å². The molecule has 1 N–H and O–H groups in total. The summed E-state index contributed by atoms with van der Waals surface area (Å²) in [4.78, 5) is 15.2. The van der Waals surface area contributed by atoms with Gasteiger partial charge in [-0.3, -0.25) is 0 Å². The van der Waals surface area contributed by atoms with Gasteiger partial charge in [0.25, 0.3) is 0 Å². The molecule has 7 heteroatoms. The first-order valence-electron chi connectivity index (χ1n) is 6.24. The third-order valence-corrected chi connectivity index (χ3v) is 3.21. The van der Waals surface area contributed by atoms with E-state index in [9.17, 15) is 18.0 Å². The number of fused-ring (bicyclic) bond motifs is 1. The van der Waals surface area contributed by atoms with Crippen LogP contribution in [0.3, 0.4) is 0 Å². The van der Waals surface area contributed by atoms with E-state index in [-0.39, 0.29) is 5.56 Å². The van der Waals surface area contributed by atoms with Crippen molar-refractivity contribution in [3.8, 4) is 11.3 Å². The molecule has 0 saturated carbocycles. The molecule has 0 bridgehead atoms. The molecule has 3 aromatic rings. The molecular formula is C15H9F3N2O2. The molecule has 22 heavy (non-hydrogen) atoms. The van der Waals surface area contributed by atoms with Gasteiger partial charge in [0.05, 0.1) is 16.8 Å². The maximum Gasteiger partial charge on any atom is 0.416 e. The van der Waals surface area contributed by atoms with Crippen molar-refractivity contribution < 1.29 is 23.1 Å². The molecule has 2 heterocycles. The molecule has 0 aliphatic carbocycles. The molecule has 1 aromatic carbocycles. The average Bonchev–Trinajstić information content (AvgIpc) is 2.89. The molecule has 0 unspecified atom stereocenters. The van der Waals surface area contributed by atoms with E-state index in [0.29, 0.717) is 16.9 Å². The zero-order valence-corrected chi connectivity index (χ0v) is 11.0. The number of nitrogens with zero attached hydrogens (tertiary/aromatic N) is 2. The highest BCUT2D eigenvalue weighted by Gasteiger charge is 2.30. The van der Waals surface area contributed by atoms with Gasteiger partial charge in [-0.25, -0.2) is 9.78 Å². The lowest BCUT2D eigenvalue weighted by atomic mass is 10.1. The molecule has 4 nitrogen and oxygen atoms in total. The summed E-state index contributed by atoms with van der Waals surface area (Å²) >= 11 is 0. The molecule has 0 amide bonds. The molecule has 0 spiro atoms. The van der Waals surface area contributed by atoms with Crippen LogP contribution in [-0.2, 0) is 6.18 Å². The quantitative estimate of drug-likeness (QED) is 0.785. The maximum absolute atomic E-state index is 12.5. The predicted octanol–water partition coefficient (Wildman–Crippen LogP) is 3.72. The summed E-state index contributed by atoms with van der Waals surface area (Å²) in [5, 5.41) is 8.93. The lowest BCUT2D eigenvalue weighted by Gasteiger charge is -2.06. The van der Waals surface area contributed by atoms with Gasteiger partial charge < -0.3 is 9.51 Å². The van der Waals surface area contributed by atoms with Crippen LogP contribution in [0.4, 0.5) is 13.2 Å². The number of imidazole rings is 1. The number of carbonyl (C=O) groups is 1. The zero-order valence-electron chi connectivity index (χ0n) is 11.0. The van der Waals surface area contributed by atoms with Gasteiger partial charge in [0.15, 0.2) is 0 Å². The lowest BCUT2D eigenvalue weighted by molar-refractivity contribution is -0.137. The number of alkyl halides is 3. The van der Waals surface area contributed by atoms with Crippen LogP contribution in [0.1, 0.15) is 15.9 Å². The van der Waals surface area contributed by atoms with Crippen molar-refractivity contribution >= 4 is 11.6 Å². The van der Waals surface area contributed by atoms with E-state index < -0.39 is 17.7 Å². The van der Waals surface area contributed by atoms with E-state index in [1.54, 1.807) is 6.20 Å². The number of pyridine rings is 1. The Kier molecular flexibility index (Phi) is 3.13. The van der Waals surface area contributed by atoms with E-state index in [4.69, 9.17) is 5.11 Å². The Hall–Kier alpha value is -2.83. The number of benzene rings is 1. The van der Waals surface area contributed by atoms with Crippen LogP contribution in [0.2, 0.25) is 0 Å². The Morgan fingerprint density at radius 1 is 1.05 bits per heavy atom. The number of rotatable bonds is 2. The summed E-state index contributed by atoms with van der Waals surface area (Å²) < 4.78 is 39.1. The van der Waals surface area contributed by atoms with Gasteiger partial charge >= 0.3 is 12.1 Å². The summed E-state index contributed by atoms with van der Waals surface area (Å²) in [6.45, 7) is 0. The fourth-order valence-electron chi connectivity index (χ4n) is 2.09. The van der Waals surface area contributed by atoms with Gasteiger partial charge in [-0.1, -0.05) is 12.1 Å². The van der Waals surface area contributed by atoms with Gasteiger partial charge in [0.2, 0.25) is 0 Å².